The fourth-order valence-electron chi connectivity index (χ4n) is 1.69. The SMILES string of the molecule is CC(C)CNCC(C)(C)C1CC1. The van der Waals surface area contributed by atoms with Crippen molar-refractivity contribution in [3.63, 3.8) is 0 Å². The van der Waals surface area contributed by atoms with Crippen molar-refractivity contribution >= 4 is 0 Å². The Morgan fingerprint density at radius 1 is 1.33 bits per heavy atom. The van der Waals surface area contributed by atoms with Gasteiger partial charge >= 0.3 is 0 Å². The van der Waals surface area contributed by atoms with Crippen LogP contribution in [0.15, 0.2) is 0 Å². The molecule has 1 aliphatic carbocycles. The van der Waals surface area contributed by atoms with Crippen molar-refractivity contribution in [2.75, 3.05) is 13.1 Å². The third kappa shape index (κ3) is 3.14. The molecule has 0 aromatic heterocycles. The van der Waals surface area contributed by atoms with Crippen molar-refractivity contribution in [2.24, 2.45) is 17.3 Å². The van der Waals surface area contributed by atoms with Crippen LogP contribution in [0.3, 0.4) is 0 Å². The first kappa shape index (κ1) is 10.0. The molecule has 1 heteroatoms. The van der Waals surface area contributed by atoms with Gasteiger partial charge in [0.25, 0.3) is 0 Å². The molecule has 1 nitrogen and oxygen atoms in total. The molecule has 1 N–H and O–H groups in total. The van der Waals surface area contributed by atoms with Crippen molar-refractivity contribution in [3.05, 3.63) is 0 Å². The Hall–Kier alpha value is -0.0400. The highest BCUT2D eigenvalue weighted by Crippen LogP contribution is 2.44. The fraction of sp³-hybridized carbons (Fsp3) is 1.00. The predicted octanol–water partition coefficient (Wildman–Crippen LogP) is 2.67. The van der Waals surface area contributed by atoms with Crippen molar-refractivity contribution in [3.8, 4) is 0 Å². The maximum Gasteiger partial charge on any atom is 0.000528 e. The topological polar surface area (TPSA) is 12.0 Å². The maximum absolute atomic E-state index is 3.55. The van der Waals surface area contributed by atoms with Crippen LogP contribution in [0.5, 0.6) is 0 Å². The van der Waals surface area contributed by atoms with Gasteiger partial charge in [-0.05, 0) is 36.6 Å². The molecule has 0 radical (unpaired) electrons. The van der Waals surface area contributed by atoms with Crippen LogP contribution in [0.25, 0.3) is 0 Å². The molecule has 1 saturated carbocycles. The second-order valence-electron chi connectivity index (χ2n) is 5.29. The summed E-state index contributed by atoms with van der Waals surface area (Å²) in [5, 5.41) is 3.55. The van der Waals surface area contributed by atoms with Crippen molar-refractivity contribution < 1.29 is 0 Å². The first-order valence-corrected chi connectivity index (χ1v) is 5.23. The van der Waals surface area contributed by atoms with Gasteiger partial charge in [-0.25, -0.2) is 0 Å². The molecule has 0 amide bonds. The molecule has 1 aliphatic rings. The van der Waals surface area contributed by atoms with Crippen LogP contribution in [0.4, 0.5) is 0 Å². The van der Waals surface area contributed by atoms with Gasteiger partial charge in [0.05, 0.1) is 0 Å². The summed E-state index contributed by atoms with van der Waals surface area (Å²) in [6, 6.07) is 0. The first-order chi connectivity index (χ1) is 5.52. The highest BCUT2D eigenvalue weighted by atomic mass is 14.9. The molecular formula is C11H23N. The quantitative estimate of drug-likeness (QED) is 0.667. The van der Waals surface area contributed by atoms with E-state index in [9.17, 15) is 0 Å². The molecule has 72 valence electrons. The van der Waals surface area contributed by atoms with Crippen LogP contribution in [0.2, 0.25) is 0 Å². The Kier molecular flexibility index (Phi) is 3.16. The van der Waals surface area contributed by atoms with Gasteiger partial charge in [0.15, 0.2) is 0 Å². The minimum Gasteiger partial charge on any atom is -0.316 e. The largest absolute Gasteiger partial charge is 0.316 e. The van der Waals surface area contributed by atoms with E-state index < -0.39 is 0 Å². The van der Waals surface area contributed by atoms with Gasteiger partial charge in [-0.1, -0.05) is 27.7 Å². The number of rotatable bonds is 5. The van der Waals surface area contributed by atoms with Crippen molar-refractivity contribution in [1.29, 1.82) is 0 Å². The van der Waals surface area contributed by atoms with Crippen LogP contribution in [0, 0.1) is 17.3 Å². The van der Waals surface area contributed by atoms with E-state index in [-0.39, 0.29) is 0 Å². The molecule has 0 saturated heterocycles. The third-order valence-electron chi connectivity index (χ3n) is 2.82. The summed E-state index contributed by atoms with van der Waals surface area (Å²) in [5.74, 6) is 1.78. The number of hydrogen-bond acceptors (Lipinski definition) is 1. The summed E-state index contributed by atoms with van der Waals surface area (Å²) in [4.78, 5) is 0. The van der Waals surface area contributed by atoms with Gasteiger partial charge in [0, 0.05) is 6.54 Å². The van der Waals surface area contributed by atoms with Crippen LogP contribution in [0.1, 0.15) is 40.5 Å². The number of nitrogens with one attached hydrogen (secondary N) is 1. The Balaban J connectivity index is 2.12. The highest BCUT2D eigenvalue weighted by Gasteiger charge is 2.36. The normalized spacial score (nSPS) is 18.8. The fourth-order valence-corrected chi connectivity index (χ4v) is 1.69. The van der Waals surface area contributed by atoms with Gasteiger partial charge in [-0.15, -0.1) is 0 Å². The summed E-state index contributed by atoms with van der Waals surface area (Å²) in [6.07, 6.45) is 2.91. The second kappa shape index (κ2) is 3.78. The summed E-state index contributed by atoms with van der Waals surface area (Å²) in [5.41, 5.74) is 0.537. The van der Waals surface area contributed by atoms with E-state index in [4.69, 9.17) is 0 Å². The van der Waals surface area contributed by atoms with Gasteiger partial charge in [0.2, 0.25) is 0 Å². The summed E-state index contributed by atoms with van der Waals surface area (Å²) >= 11 is 0. The molecule has 0 aromatic rings. The third-order valence-corrected chi connectivity index (χ3v) is 2.82. The zero-order chi connectivity index (χ0) is 9.19. The minimum atomic E-state index is 0.537. The minimum absolute atomic E-state index is 0.537. The van der Waals surface area contributed by atoms with Crippen LogP contribution < -0.4 is 5.32 Å². The molecular weight excluding hydrogens is 146 g/mol. The molecule has 0 aromatic carbocycles. The van der Waals surface area contributed by atoms with Crippen LogP contribution >= 0.6 is 0 Å². The summed E-state index contributed by atoms with van der Waals surface area (Å²) < 4.78 is 0. The van der Waals surface area contributed by atoms with Crippen LogP contribution in [-0.4, -0.2) is 13.1 Å². The molecule has 0 atom stereocenters. The lowest BCUT2D eigenvalue weighted by atomic mass is 9.87. The van der Waals surface area contributed by atoms with Gasteiger partial charge in [-0.3, -0.25) is 0 Å². The van der Waals surface area contributed by atoms with Gasteiger partial charge in [-0.2, -0.15) is 0 Å². The predicted molar refractivity (Wildman–Crippen MR) is 54.2 cm³/mol. The molecule has 0 unspecified atom stereocenters. The van der Waals surface area contributed by atoms with E-state index in [1.165, 1.54) is 19.4 Å². The Labute approximate surface area is 76.9 Å². The molecule has 0 aliphatic heterocycles. The molecule has 0 heterocycles. The monoisotopic (exact) mass is 169 g/mol. The second-order valence-corrected chi connectivity index (χ2v) is 5.29. The molecule has 0 bridgehead atoms. The van der Waals surface area contributed by atoms with E-state index in [1.807, 2.05) is 0 Å². The Morgan fingerprint density at radius 3 is 2.33 bits per heavy atom. The molecule has 0 spiro atoms. The summed E-state index contributed by atoms with van der Waals surface area (Å²) in [6.45, 7) is 11.6. The van der Waals surface area contributed by atoms with E-state index in [1.54, 1.807) is 0 Å². The average molecular weight is 169 g/mol. The average Bonchev–Trinajstić information content (AvgIpc) is 2.65. The van der Waals surface area contributed by atoms with Crippen molar-refractivity contribution in [1.82, 2.24) is 5.32 Å². The Bertz CT molecular complexity index is 134. The lowest BCUT2D eigenvalue weighted by Gasteiger charge is -2.25. The van der Waals surface area contributed by atoms with E-state index in [0.29, 0.717) is 5.41 Å². The van der Waals surface area contributed by atoms with Crippen molar-refractivity contribution in [2.45, 2.75) is 40.5 Å². The zero-order valence-corrected chi connectivity index (χ0v) is 8.98. The standard InChI is InChI=1S/C11H23N/c1-9(2)7-12-8-11(3,4)10-5-6-10/h9-10,12H,5-8H2,1-4H3. The smallest absolute Gasteiger partial charge is 0.000528 e. The zero-order valence-electron chi connectivity index (χ0n) is 8.98. The molecule has 12 heavy (non-hydrogen) atoms. The van der Waals surface area contributed by atoms with Crippen LogP contribution in [-0.2, 0) is 0 Å². The van der Waals surface area contributed by atoms with E-state index in [2.05, 4.69) is 33.0 Å². The van der Waals surface area contributed by atoms with E-state index in [0.717, 1.165) is 18.4 Å². The van der Waals surface area contributed by atoms with Gasteiger partial charge in [0.1, 0.15) is 0 Å². The lowest BCUT2D eigenvalue weighted by Crippen LogP contribution is -2.33. The first-order valence-electron chi connectivity index (χ1n) is 5.23. The number of hydrogen-bond donors (Lipinski definition) is 1. The molecule has 1 fully saturated rings. The molecule has 1 rings (SSSR count). The lowest BCUT2D eigenvalue weighted by molar-refractivity contribution is 0.286. The Morgan fingerprint density at radius 2 is 1.92 bits per heavy atom. The highest BCUT2D eigenvalue weighted by molar-refractivity contribution is 4.89. The van der Waals surface area contributed by atoms with E-state index >= 15 is 0 Å². The van der Waals surface area contributed by atoms with Gasteiger partial charge < -0.3 is 5.32 Å². The maximum atomic E-state index is 3.55. The summed E-state index contributed by atoms with van der Waals surface area (Å²) in [7, 11) is 0.